The van der Waals surface area contributed by atoms with Crippen LogP contribution in [-0.2, 0) is 15.8 Å². The lowest BCUT2D eigenvalue weighted by Crippen LogP contribution is -2.08. The predicted octanol–water partition coefficient (Wildman–Crippen LogP) is 2.53. The first-order chi connectivity index (χ1) is 8.41. The zero-order chi connectivity index (χ0) is 13.6. The smallest absolute Gasteiger partial charge is 0.417 e. The Morgan fingerprint density at radius 1 is 1.39 bits per heavy atom. The lowest BCUT2D eigenvalue weighted by atomic mass is 10.1. The fraction of sp³-hybridized carbons (Fsp3) is 0.273. The van der Waals surface area contributed by atoms with Gasteiger partial charge in [0.25, 0.3) is 0 Å². The van der Waals surface area contributed by atoms with Crippen LogP contribution in [-0.4, -0.2) is 23.9 Å². The molecule has 1 aromatic carbocycles. The molecule has 18 heavy (non-hydrogen) atoms. The summed E-state index contributed by atoms with van der Waals surface area (Å²) in [6, 6.07) is 4.88. The van der Waals surface area contributed by atoms with Crippen molar-refractivity contribution in [2.24, 2.45) is 5.16 Å². The molecule has 1 N–H and O–H groups in total. The zero-order valence-electron chi connectivity index (χ0n) is 9.15. The molecule has 0 saturated carbocycles. The van der Waals surface area contributed by atoms with E-state index in [-0.39, 0.29) is 18.6 Å². The Balaban J connectivity index is 2.67. The summed E-state index contributed by atoms with van der Waals surface area (Å²) < 4.78 is 37.6. The number of halogens is 3. The number of oxime groups is 1. The van der Waals surface area contributed by atoms with E-state index >= 15 is 0 Å². The Kier molecular flexibility index (Phi) is 4.70. The molecule has 7 heteroatoms. The first-order valence-electron chi connectivity index (χ1n) is 4.94. The van der Waals surface area contributed by atoms with Gasteiger partial charge in [-0.1, -0.05) is 23.4 Å². The van der Waals surface area contributed by atoms with Gasteiger partial charge >= 0.3 is 12.1 Å². The van der Waals surface area contributed by atoms with Crippen molar-refractivity contribution < 1.29 is 27.9 Å². The van der Waals surface area contributed by atoms with Crippen molar-refractivity contribution >= 4 is 12.2 Å². The second-order valence-corrected chi connectivity index (χ2v) is 3.30. The average Bonchev–Trinajstić information content (AvgIpc) is 2.27. The van der Waals surface area contributed by atoms with E-state index in [1.165, 1.54) is 18.2 Å². The molecule has 0 aliphatic carbocycles. The van der Waals surface area contributed by atoms with Crippen molar-refractivity contribution in [1.82, 2.24) is 0 Å². The Morgan fingerprint density at radius 2 is 2.06 bits per heavy atom. The Morgan fingerprint density at radius 3 is 2.67 bits per heavy atom. The van der Waals surface area contributed by atoms with Gasteiger partial charge in [-0.15, -0.1) is 0 Å². The number of hydrogen-bond donors (Lipinski definition) is 1. The fourth-order valence-electron chi connectivity index (χ4n) is 1.15. The van der Waals surface area contributed by atoms with Crippen LogP contribution in [0.4, 0.5) is 13.2 Å². The lowest BCUT2D eigenvalue weighted by molar-refractivity contribution is -0.138. The molecule has 0 amide bonds. The van der Waals surface area contributed by atoms with E-state index in [9.17, 15) is 18.0 Å². The van der Waals surface area contributed by atoms with Gasteiger partial charge in [0.05, 0.1) is 18.2 Å². The maximum Gasteiger partial charge on any atom is 0.417 e. The van der Waals surface area contributed by atoms with Crippen molar-refractivity contribution in [3.8, 4) is 0 Å². The first kappa shape index (κ1) is 14.0. The van der Waals surface area contributed by atoms with Crippen molar-refractivity contribution in [3.05, 3.63) is 35.4 Å². The van der Waals surface area contributed by atoms with Gasteiger partial charge in [-0.2, -0.15) is 13.2 Å². The van der Waals surface area contributed by atoms with Gasteiger partial charge in [0.1, 0.15) is 6.61 Å². The summed E-state index contributed by atoms with van der Waals surface area (Å²) in [5, 5.41) is 11.6. The molecular weight excluding hydrogens is 251 g/mol. The van der Waals surface area contributed by atoms with Crippen LogP contribution in [0.15, 0.2) is 29.4 Å². The number of carbonyl (C=O) groups is 1. The molecule has 1 aromatic rings. The molecule has 0 radical (unpaired) electrons. The van der Waals surface area contributed by atoms with Crippen molar-refractivity contribution in [1.29, 1.82) is 0 Å². The Labute approximate surface area is 101 Å². The lowest BCUT2D eigenvalue weighted by Gasteiger charge is -2.08. The van der Waals surface area contributed by atoms with Gasteiger partial charge in [-0.3, -0.25) is 4.79 Å². The highest BCUT2D eigenvalue weighted by atomic mass is 19.4. The van der Waals surface area contributed by atoms with E-state index in [1.54, 1.807) is 0 Å². The summed E-state index contributed by atoms with van der Waals surface area (Å²) in [5.74, 6) is -1.07. The highest BCUT2D eigenvalue weighted by Gasteiger charge is 2.32. The maximum absolute atomic E-state index is 12.5. The second-order valence-electron chi connectivity index (χ2n) is 3.30. The molecule has 0 atom stereocenters. The van der Waals surface area contributed by atoms with Gasteiger partial charge in [0, 0.05) is 5.56 Å². The Bertz CT molecular complexity index is 443. The molecule has 0 saturated heterocycles. The van der Waals surface area contributed by atoms with Crippen molar-refractivity contribution in [2.45, 2.75) is 12.6 Å². The maximum atomic E-state index is 12.5. The van der Waals surface area contributed by atoms with Crippen LogP contribution < -0.4 is 0 Å². The normalized spacial score (nSPS) is 11.7. The minimum Gasteiger partial charge on any atom is -0.481 e. The van der Waals surface area contributed by atoms with Gasteiger partial charge in [-0.05, 0) is 6.07 Å². The number of carboxylic acid groups (broad SMARTS) is 1. The third-order valence-corrected chi connectivity index (χ3v) is 1.94. The molecule has 0 fully saturated rings. The highest BCUT2D eigenvalue weighted by molar-refractivity contribution is 5.81. The average molecular weight is 261 g/mol. The largest absolute Gasteiger partial charge is 0.481 e. The summed E-state index contributed by atoms with van der Waals surface area (Å²) in [6.45, 7) is -0.194. The third-order valence-electron chi connectivity index (χ3n) is 1.94. The molecule has 1 rings (SSSR count). The number of hydrogen-bond acceptors (Lipinski definition) is 3. The summed E-state index contributed by atoms with van der Waals surface area (Å²) in [6.07, 6.45) is -3.83. The number of aliphatic carboxylic acids is 1. The number of rotatable bonds is 5. The van der Waals surface area contributed by atoms with Crippen LogP contribution in [0.2, 0.25) is 0 Å². The SMILES string of the molecule is O=C(O)CCO/N=C/c1ccccc1C(F)(F)F. The number of carboxylic acids is 1. The summed E-state index contributed by atoms with van der Waals surface area (Å²) >= 11 is 0. The minimum atomic E-state index is -4.47. The van der Waals surface area contributed by atoms with E-state index in [1.807, 2.05) is 0 Å². The van der Waals surface area contributed by atoms with Gasteiger partial charge < -0.3 is 9.94 Å². The molecular formula is C11H10F3NO3. The molecule has 0 spiro atoms. The third kappa shape index (κ3) is 4.44. The van der Waals surface area contributed by atoms with Crippen LogP contribution in [0.25, 0.3) is 0 Å². The highest BCUT2D eigenvalue weighted by Crippen LogP contribution is 2.31. The van der Waals surface area contributed by atoms with Crippen LogP contribution in [0.1, 0.15) is 17.5 Å². The fourth-order valence-corrected chi connectivity index (χ4v) is 1.15. The van der Waals surface area contributed by atoms with Crippen LogP contribution >= 0.6 is 0 Å². The summed E-state index contributed by atoms with van der Waals surface area (Å²) in [7, 11) is 0. The topological polar surface area (TPSA) is 58.9 Å². The van der Waals surface area contributed by atoms with E-state index in [0.29, 0.717) is 0 Å². The number of alkyl halides is 3. The van der Waals surface area contributed by atoms with Crippen LogP contribution in [0.5, 0.6) is 0 Å². The minimum absolute atomic E-state index is 0.139. The standard InChI is InChI=1S/C11H10F3NO3/c12-11(13,14)9-4-2-1-3-8(9)7-15-18-6-5-10(16)17/h1-4,7H,5-6H2,(H,16,17)/b15-7+. The monoisotopic (exact) mass is 261 g/mol. The summed E-state index contributed by atoms with van der Waals surface area (Å²) in [5.41, 5.74) is -0.962. The van der Waals surface area contributed by atoms with Crippen LogP contribution in [0.3, 0.4) is 0 Å². The quantitative estimate of drug-likeness (QED) is 0.503. The molecule has 0 unspecified atom stereocenters. The molecule has 0 aliphatic rings. The molecule has 0 bridgehead atoms. The summed E-state index contributed by atoms with van der Waals surface area (Å²) in [4.78, 5) is 14.7. The zero-order valence-corrected chi connectivity index (χ0v) is 9.15. The van der Waals surface area contributed by atoms with Gasteiger partial charge in [-0.25, -0.2) is 0 Å². The number of benzene rings is 1. The van der Waals surface area contributed by atoms with E-state index in [2.05, 4.69) is 9.99 Å². The van der Waals surface area contributed by atoms with Crippen molar-refractivity contribution in [2.75, 3.05) is 6.61 Å². The van der Waals surface area contributed by atoms with E-state index in [4.69, 9.17) is 5.11 Å². The van der Waals surface area contributed by atoms with Gasteiger partial charge in [0.15, 0.2) is 0 Å². The molecule has 98 valence electrons. The Hall–Kier alpha value is -2.05. The van der Waals surface area contributed by atoms with Crippen molar-refractivity contribution in [3.63, 3.8) is 0 Å². The van der Waals surface area contributed by atoms with E-state index in [0.717, 1.165) is 12.3 Å². The molecule has 4 nitrogen and oxygen atoms in total. The van der Waals surface area contributed by atoms with E-state index < -0.39 is 17.7 Å². The second kappa shape index (κ2) is 6.04. The predicted molar refractivity (Wildman–Crippen MR) is 57.2 cm³/mol. The molecule has 0 aromatic heterocycles. The number of nitrogens with zero attached hydrogens (tertiary/aromatic N) is 1. The molecule has 0 heterocycles. The van der Waals surface area contributed by atoms with Crippen LogP contribution in [0, 0.1) is 0 Å². The molecule has 0 aliphatic heterocycles. The van der Waals surface area contributed by atoms with Gasteiger partial charge in [0.2, 0.25) is 0 Å². The first-order valence-corrected chi connectivity index (χ1v) is 4.94.